The first-order valence-electron chi connectivity index (χ1n) is 11.7. The van der Waals surface area contributed by atoms with Crippen molar-refractivity contribution in [1.29, 1.82) is 0 Å². The van der Waals surface area contributed by atoms with Crippen molar-refractivity contribution in [3.63, 3.8) is 0 Å². The van der Waals surface area contributed by atoms with E-state index >= 15 is 0 Å². The lowest BCUT2D eigenvalue weighted by molar-refractivity contribution is -0.384. The molecule has 2 heterocycles. The fourth-order valence-corrected chi connectivity index (χ4v) is 4.41. The highest BCUT2D eigenvalue weighted by Gasteiger charge is 2.27. The van der Waals surface area contributed by atoms with Crippen LogP contribution in [-0.2, 0) is 16.1 Å². The number of non-ortho nitro benzene ring substituents is 1. The second-order valence-electron chi connectivity index (χ2n) is 8.50. The predicted octanol–water partition coefficient (Wildman–Crippen LogP) is 3.09. The van der Waals surface area contributed by atoms with Crippen molar-refractivity contribution < 1.29 is 23.9 Å². The number of nitro groups is 1. The molecule has 0 bridgehead atoms. The van der Waals surface area contributed by atoms with Crippen LogP contribution in [0.3, 0.4) is 0 Å². The Hall–Kier alpha value is -3.99. The molecule has 1 saturated heterocycles. The largest absolute Gasteiger partial charge is 0.497 e. The zero-order valence-corrected chi connectivity index (χ0v) is 20.4. The van der Waals surface area contributed by atoms with Crippen molar-refractivity contribution in [3.05, 3.63) is 62.7 Å². The summed E-state index contributed by atoms with van der Waals surface area (Å²) in [6.07, 6.45) is 1.30. The minimum absolute atomic E-state index is 0.135. The van der Waals surface area contributed by atoms with E-state index in [1.807, 2.05) is 0 Å². The van der Waals surface area contributed by atoms with Gasteiger partial charge in [0.05, 0.1) is 54.8 Å². The van der Waals surface area contributed by atoms with Crippen molar-refractivity contribution >= 4 is 22.6 Å². The van der Waals surface area contributed by atoms with Gasteiger partial charge in [0.2, 0.25) is 0 Å². The van der Waals surface area contributed by atoms with Crippen molar-refractivity contribution in [2.24, 2.45) is 5.92 Å². The molecule has 0 spiro atoms. The van der Waals surface area contributed by atoms with E-state index in [1.165, 1.54) is 37.0 Å². The first-order chi connectivity index (χ1) is 17.3. The van der Waals surface area contributed by atoms with E-state index < -0.39 is 10.5 Å². The number of carbonyl (C=O) groups is 1. The number of fused-ring (bicyclic) bond motifs is 1. The van der Waals surface area contributed by atoms with Gasteiger partial charge in [-0.2, -0.15) is 0 Å². The summed E-state index contributed by atoms with van der Waals surface area (Å²) in [4.78, 5) is 43.5. The van der Waals surface area contributed by atoms with E-state index in [4.69, 9.17) is 19.2 Å². The SMILES string of the molecule is CCOC(=O)C1CCN(Cc2nc3ccc([N+](=O)[O-])cc3c(=O)n2-c2cc(OC)cc(OC)c2)CC1. The molecule has 0 amide bonds. The second kappa shape index (κ2) is 10.7. The molecule has 11 nitrogen and oxygen atoms in total. The van der Waals surface area contributed by atoms with Gasteiger partial charge < -0.3 is 14.2 Å². The number of carbonyl (C=O) groups excluding carboxylic acids is 1. The highest BCUT2D eigenvalue weighted by Crippen LogP contribution is 2.27. The molecular formula is C25H28N4O7. The number of nitrogens with zero attached hydrogens (tertiary/aromatic N) is 4. The minimum atomic E-state index is -0.542. The lowest BCUT2D eigenvalue weighted by Gasteiger charge is -2.31. The molecule has 1 aromatic heterocycles. The standard InChI is InChI=1S/C25H28N4O7/c1-4-36-25(31)16-7-9-27(10-8-16)15-23-26-22-6-5-17(29(32)33)13-21(22)24(30)28(23)18-11-19(34-2)14-20(12-18)35-3/h5-6,11-14,16H,4,7-10,15H2,1-3H3. The lowest BCUT2D eigenvalue weighted by Crippen LogP contribution is -2.38. The Bertz CT molecular complexity index is 1320. The number of likely N-dealkylation sites (tertiary alicyclic amines) is 1. The normalized spacial score (nSPS) is 14.5. The fraction of sp³-hybridized carbons (Fsp3) is 0.400. The Morgan fingerprint density at radius 1 is 1.11 bits per heavy atom. The van der Waals surface area contributed by atoms with E-state index in [-0.39, 0.29) is 23.0 Å². The first-order valence-corrected chi connectivity index (χ1v) is 11.7. The molecule has 190 valence electrons. The van der Waals surface area contributed by atoms with Crippen LogP contribution in [0.4, 0.5) is 5.69 Å². The molecule has 0 N–H and O–H groups in total. The molecule has 4 rings (SSSR count). The summed E-state index contributed by atoms with van der Waals surface area (Å²) in [5, 5.41) is 11.5. The third kappa shape index (κ3) is 5.15. The Morgan fingerprint density at radius 2 is 1.78 bits per heavy atom. The van der Waals surface area contributed by atoms with Crippen LogP contribution < -0.4 is 15.0 Å². The second-order valence-corrected chi connectivity index (χ2v) is 8.50. The van der Waals surface area contributed by atoms with Crippen LogP contribution in [0.2, 0.25) is 0 Å². The van der Waals surface area contributed by atoms with Gasteiger partial charge in [0.1, 0.15) is 17.3 Å². The van der Waals surface area contributed by atoms with Crippen molar-refractivity contribution in [1.82, 2.24) is 14.5 Å². The van der Waals surface area contributed by atoms with Gasteiger partial charge in [-0.1, -0.05) is 0 Å². The molecule has 3 aromatic rings. The number of esters is 1. The van der Waals surface area contributed by atoms with E-state index in [0.29, 0.717) is 67.6 Å². The maximum absolute atomic E-state index is 13.7. The average molecular weight is 497 g/mol. The maximum Gasteiger partial charge on any atom is 0.309 e. The third-order valence-electron chi connectivity index (χ3n) is 6.30. The molecule has 1 aliphatic rings. The van der Waals surface area contributed by atoms with Gasteiger partial charge in [-0.25, -0.2) is 4.98 Å². The van der Waals surface area contributed by atoms with Crippen molar-refractivity contribution in [3.8, 4) is 17.2 Å². The Kier molecular flexibility index (Phi) is 7.49. The Balaban J connectivity index is 1.78. The molecule has 36 heavy (non-hydrogen) atoms. The minimum Gasteiger partial charge on any atom is -0.497 e. The topological polar surface area (TPSA) is 126 Å². The van der Waals surface area contributed by atoms with Gasteiger partial charge in [0.15, 0.2) is 0 Å². The van der Waals surface area contributed by atoms with Crippen molar-refractivity contribution in [2.45, 2.75) is 26.3 Å². The maximum atomic E-state index is 13.7. The number of piperidine rings is 1. The van der Waals surface area contributed by atoms with Gasteiger partial charge in [-0.05, 0) is 38.9 Å². The fourth-order valence-electron chi connectivity index (χ4n) is 4.41. The van der Waals surface area contributed by atoms with Crippen LogP contribution in [0, 0.1) is 16.0 Å². The van der Waals surface area contributed by atoms with Crippen LogP contribution in [-0.4, -0.2) is 59.3 Å². The van der Waals surface area contributed by atoms with E-state index in [9.17, 15) is 19.7 Å². The summed E-state index contributed by atoms with van der Waals surface area (Å²) in [5.41, 5.74) is 0.210. The molecule has 1 fully saturated rings. The highest BCUT2D eigenvalue weighted by molar-refractivity contribution is 5.80. The van der Waals surface area contributed by atoms with Gasteiger partial charge in [0.25, 0.3) is 11.2 Å². The lowest BCUT2D eigenvalue weighted by atomic mass is 9.97. The molecule has 11 heteroatoms. The summed E-state index contributed by atoms with van der Waals surface area (Å²) < 4.78 is 17.4. The Morgan fingerprint density at radius 3 is 2.36 bits per heavy atom. The number of methoxy groups -OCH3 is 2. The number of nitro benzene ring substituents is 1. The number of aromatic nitrogens is 2. The van der Waals surface area contributed by atoms with Crippen molar-refractivity contribution in [2.75, 3.05) is 33.9 Å². The van der Waals surface area contributed by atoms with Crippen LogP contribution in [0.5, 0.6) is 11.5 Å². The average Bonchev–Trinajstić information content (AvgIpc) is 2.88. The smallest absolute Gasteiger partial charge is 0.309 e. The zero-order valence-electron chi connectivity index (χ0n) is 20.4. The monoisotopic (exact) mass is 496 g/mol. The van der Waals surface area contributed by atoms with Crippen LogP contribution >= 0.6 is 0 Å². The number of hydrogen-bond donors (Lipinski definition) is 0. The van der Waals surface area contributed by atoms with Gasteiger partial charge in [-0.15, -0.1) is 0 Å². The molecular weight excluding hydrogens is 468 g/mol. The summed E-state index contributed by atoms with van der Waals surface area (Å²) in [5.74, 6) is 1.11. The summed E-state index contributed by atoms with van der Waals surface area (Å²) >= 11 is 0. The summed E-state index contributed by atoms with van der Waals surface area (Å²) in [6, 6.07) is 9.13. The highest BCUT2D eigenvalue weighted by atomic mass is 16.6. The van der Waals surface area contributed by atoms with E-state index in [2.05, 4.69) is 4.90 Å². The summed E-state index contributed by atoms with van der Waals surface area (Å²) in [7, 11) is 3.02. The number of rotatable bonds is 8. The molecule has 0 aliphatic carbocycles. The van der Waals surface area contributed by atoms with Crippen LogP contribution in [0.15, 0.2) is 41.2 Å². The number of ether oxygens (including phenoxy) is 3. The van der Waals surface area contributed by atoms with E-state index in [1.54, 1.807) is 25.1 Å². The Labute approximate surface area is 207 Å². The zero-order chi connectivity index (χ0) is 25.8. The molecule has 0 saturated carbocycles. The molecule has 2 aromatic carbocycles. The molecule has 0 unspecified atom stereocenters. The van der Waals surface area contributed by atoms with Gasteiger partial charge >= 0.3 is 5.97 Å². The predicted molar refractivity (Wildman–Crippen MR) is 132 cm³/mol. The van der Waals surface area contributed by atoms with Crippen LogP contribution in [0.1, 0.15) is 25.6 Å². The molecule has 1 aliphatic heterocycles. The molecule has 0 radical (unpaired) electrons. The number of hydrogen-bond acceptors (Lipinski definition) is 9. The molecule has 0 atom stereocenters. The number of benzene rings is 2. The van der Waals surface area contributed by atoms with Gasteiger partial charge in [-0.3, -0.25) is 29.2 Å². The summed E-state index contributed by atoms with van der Waals surface area (Å²) in [6.45, 7) is 3.77. The quantitative estimate of drug-likeness (QED) is 0.263. The van der Waals surface area contributed by atoms with E-state index in [0.717, 1.165) is 0 Å². The third-order valence-corrected chi connectivity index (χ3v) is 6.30. The van der Waals surface area contributed by atoms with Crippen LogP contribution in [0.25, 0.3) is 16.6 Å². The first kappa shape index (κ1) is 25.1. The van der Waals surface area contributed by atoms with Gasteiger partial charge in [0, 0.05) is 30.3 Å².